The Morgan fingerprint density at radius 1 is 0.528 bits per heavy atom. The van der Waals surface area contributed by atoms with Gasteiger partial charge < -0.3 is 10.4 Å². The van der Waals surface area contributed by atoms with E-state index in [9.17, 15) is 22.9 Å². The Labute approximate surface area is 326 Å². The molecule has 0 bridgehead atoms. The smallest absolute Gasteiger partial charge is 0.267 e. The van der Waals surface area contributed by atoms with E-state index in [-0.39, 0.29) is 12.3 Å². The summed E-state index contributed by atoms with van der Waals surface area (Å²) in [5.41, 5.74) is 0. The van der Waals surface area contributed by atoms with Gasteiger partial charge in [-0.25, -0.2) is 0 Å². The van der Waals surface area contributed by atoms with Crippen molar-refractivity contribution in [2.24, 2.45) is 0 Å². The molecule has 3 N–H and O–H groups in total. The molecule has 0 aromatic rings. The van der Waals surface area contributed by atoms with Crippen LogP contribution in [0.3, 0.4) is 0 Å². The van der Waals surface area contributed by atoms with Gasteiger partial charge in [0.2, 0.25) is 5.91 Å². The number of allylic oxidation sites excluding steroid dienone is 13. The van der Waals surface area contributed by atoms with Crippen LogP contribution in [-0.2, 0) is 14.9 Å². The zero-order chi connectivity index (χ0) is 38.9. The Morgan fingerprint density at radius 2 is 0.925 bits per heavy atom. The topological polar surface area (TPSA) is 104 Å². The fraction of sp³-hybridized carbons (Fsp3) is 0.674. The molecule has 0 fully saturated rings. The Hall–Kier alpha value is -2.48. The molecule has 0 aliphatic rings. The lowest BCUT2D eigenvalue weighted by Gasteiger charge is -2.21. The molecule has 0 rings (SSSR count). The highest BCUT2D eigenvalue weighted by Gasteiger charge is 2.24. The number of carbonyl (C=O) groups excluding carboxylic acids is 1. The van der Waals surface area contributed by atoms with Gasteiger partial charge in [0, 0.05) is 6.42 Å². The number of rotatable bonds is 37. The largest absolute Gasteiger partial charge is 0.387 e. The van der Waals surface area contributed by atoms with Crippen LogP contribution in [0.15, 0.2) is 85.1 Å². The Morgan fingerprint density at radius 3 is 1.42 bits per heavy atom. The standard InChI is InChI=1S/C46H79NO5S/c1-3-5-7-9-11-13-15-17-19-21-22-23-24-26-28-30-32-34-36-38-40-42-46(49)47-44(43-53(50,51)52)45(48)41-39-37-35-33-31-29-27-25-20-18-16-14-12-10-8-6-4-2/h5,7,11,13,17,19-20,22-23,25,31,33,39,41,44-45,48H,3-4,6,8-10,12,14-16,18,21,24,26-30,32,34-38,40,42-43H2,1-2H3,(H,47,49)(H,50,51,52)/b7-5-,13-11-,19-17-,23-22-,25-20+,33-31+,41-39+. The number of hydrogen-bond donors (Lipinski definition) is 3. The molecular weight excluding hydrogens is 679 g/mol. The molecule has 0 saturated carbocycles. The second-order valence-corrected chi connectivity index (χ2v) is 15.7. The van der Waals surface area contributed by atoms with Gasteiger partial charge in [-0.3, -0.25) is 9.35 Å². The summed E-state index contributed by atoms with van der Waals surface area (Å²) >= 11 is 0. The first-order chi connectivity index (χ1) is 25.8. The summed E-state index contributed by atoms with van der Waals surface area (Å²) in [5.74, 6) is -1.03. The lowest BCUT2D eigenvalue weighted by Crippen LogP contribution is -2.46. The maximum Gasteiger partial charge on any atom is 0.267 e. The maximum absolute atomic E-state index is 12.5. The highest BCUT2D eigenvalue weighted by atomic mass is 32.2. The molecule has 0 radical (unpaired) electrons. The molecule has 304 valence electrons. The quantitative estimate of drug-likeness (QED) is 0.0332. The summed E-state index contributed by atoms with van der Waals surface area (Å²) in [7, 11) is -4.37. The van der Waals surface area contributed by atoms with Gasteiger partial charge in [0.15, 0.2) is 0 Å². The Kier molecular flexibility index (Phi) is 37.4. The molecule has 0 heterocycles. The lowest BCUT2D eigenvalue weighted by atomic mass is 10.1. The van der Waals surface area contributed by atoms with Crippen molar-refractivity contribution in [3.05, 3.63) is 85.1 Å². The number of nitrogens with one attached hydrogen (secondary N) is 1. The van der Waals surface area contributed by atoms with Crippen LogP contribution in [0.5, 0.6) is 0 Å². The molecular formula is C46H79NO5S. The first-order valence-electron chi connectivity index (χ1n) is 21.3. The molecule has 0 spiro atoms. The predicted octanol–water partition coefficient (Wildman–Crippen LogP) is 12.8. The van der Waals surface area contributed by atoms with Crippen molar-refractivity contribution in [1.82, 2.24) is 5.32 Å². The third-order valence-corrected chi connectivity index (χ3v) is 9.81. The third kappa shape index (κ3) is 40.5. The minimum absolute atomic E-state index is 0.270. The highest BCUT2D eigenvalue weighted by molar-refractivity contribution is 7.85. The molecule has 53 heavy (non-hydrogen) atoms. The van der Waals surface area contributed by atoms with Crippen LogP contribution in [0.25, 0.3) is 0 Å². The molecule has 2 atom stereocenters. The molecule has 2 unspecified atom stereocenters. The van der Waals surface area contributed by atoms with E-state index < -0.39 is 28.0 Å². The molecule has 0 saturated heterocycles. The normalized spacial score (nSPS) is 14.1. The molecule has 6 nitrogen and oxygen atoms in total. The summed E-state index contributed by atoms with van der Waals surface area (Å²) in [6, 6.07) is -1.09. The molecule has 1 amide bonds. The van der Waals surface area contributed by atoms with Crippen molar-refractivity contribution in [2.45, 2.75) is 193 Å². The van der Waals surface area contributed by atoms with E-state index in [0.29, 0.717) is 12.8 Å². The average molecular weight is 758 g/mol. The zero-order valence-electron chi connectivity index (χ0n) is 33.9. The van der Waals surface area contributed by atoms with Gasteiger partial charge in [-0.15, -0.1) is 0 Å². The van der Waals surface area contributed by atoms with Gasteiger partial charge in [0.25, 0.3) is 10.1 Å². The van der Waals surface area contributed by atoms with E-state index in [2.05, 4.69) is 92.1 Å². The number of aliphatic hydroxyl groups excluding tert-OH is 1. The van der Waals surface area contributed by atoms with Crippen molar-refractivity contribution in [2.75, 3.05) is 5.75 Å². The second-order valence-electron chi connectivity index (χ2n) is 14.2. The van der Waals surface area contributed by atoms with Gasteiger partial charge in [-0.1, -0.05) is 176 Å². The van der Waals surface area contributed by atoms with Crippen molar-refractivity contribution in [3.63, 3.8) is 0 Å². The number of amides is 1. The average Bonchev–Trinajstić information content (AvgIpc) is 3.12. The van der Waals surface area contributed by atoms with E-state index in [0.717, 1.165) is 70.6 Å². The van der Waals surface area contributed by atoms with Crippen LogP contribution in [-0.4, -0.2) is 41.9 Å². The van der Waals surface area contributed by atoms with Gasteiger partial charge in [0.1, 0.15) is 0 Å². The number of unbranched alkanes of at least 4 members (excludes halogenated alkanes) is 17. The van der Waals surface area contributed by atoms with Crippen LogP contribution in [0.2, 0.25) is 0 Å². The van der Waals surface area contributed by atoms with Gasteiger partial charge in [0.05, 0.1) is 17.9 Å². The van der Waals surface area contributed by atoms with Gasteiger partial charge in [-0.05, 0) is 83.5 Å². The molecule has 7 heteroatoms. The summed E-state index contributed by atoms with van der Waals surface area (Å²) in [5, 5.41) is 13.2. The van der Waals surface area contributed by atoms with E-state index in [1.165, 1.54) is 83.1 Å². The van der Waals surface area contributed by atoms with E-state index in [4.69, 9.17) is 0 Å². The fourth-order valence-electron chi connectivity index (χ4n) is 5.88. The Bertz CT molecular complexity index is 1150. The van der Waals surface area contributed by atoms with Crippen LogP contribution in [0.1, 0.15) is 181 Å². The summed E-state index contributed by atoms with van der Waals surface area (Å²) in [4.78, 5) is 12.5. The molecule has 0 aromatic heterocycles. The molecule has 0 aliphatic heterocycles. The predicted molar refractivity (Wildman–Crippen MR) is 230 cm³/mol. The van der Waals surface area contributed by atoms with Crippen LogP contribution < -0.4 is 5.32 Å². The zero-order valence-corrected chi connectivity index (χ0v) is 34.7. The minimum Gasteiger partial charge on any atom is -0.387 e. The van der Waals surface area contributed by atoms with E-state index in [1.807, 2.05) is 0 Å². The maximum atomic E-state index is 12.5. The van der Waals surface area contributed by atoms with E-state index >= 15 is 0 Å². The third-order valence-electron chi connectivity index (χ3n) is 9.03. The number of carbonyl (C=O) groups is 1. The van der Waals surface area contributed by atoms with Crippen molar-refractivity contribution < 1.29 is 22.9 Å². The number of hydrogen-bond acceptors (Lipinski definition) is 4. The van der Waals surface area contributed by atoms with Crippen molar-refractivity contribution in [3.8, 4) is 0 Å². The Balaban J connectivity index is 4.00. The lowest BCUT2D eigenvalue weighted by molar-refractivity contribution is -0.122. The summed E-state index contributed by atoms with van der Waals surface area (Å²) in [6.45, 7) is 4.40. The van der Waals surface area contributed by atoms with E-state index in [1.54, 1.807) is 6.08 Å². The highest BCUT2D eigenvalue weighted by Crippen LogP contribution is 2.12. The van der Waals surface area contributed by atoms with Crippen molar-refractivity contribution in [1.29, 1.82) is 0 Å². The van der Waals surface area contributed by atoms with Gasteiger partial charge in [-0.2, -0.15) is 8.42 Å². The molecule has 0 aliphatic carbocycles. The monoisotopic (exact) mass is 758 g/mol. The van der Waals surface area contributed by atoms with Crippen molar-refractivity contribution >= 4 is 16.0 Å². The van der Waals surface area contributed by atoms with Gasteiger partial charge >= 0.3 is 0 Å². The minimum atomic E-state index is -4.37. The summed E-state index contributed by atoms with van der Waals surface area (Å²) in [6.07, 6.45) is 57.1. The second kappa shape index (κ2) is 39.2. The first-order valence-corrected chi connectivity index (χ1v) is 22.9. The number of aliphatic hydroxyl groups is 1. The SMILES string of the molecule is CC/C=C\C/C=C\C/C=C\C/C=C\CCCCCCCCCCC(=O)NC(CS(=O)(=O)O)C(O)/C=C/CC/C=C/CC/C=C/CCCCCCCCC. The fourth-order valence-corrected chi connectivity index (χ4v) is 6.62. The molecule has 0 aromatic carbocycles. The van der Waals surface area contributed by atoms with Crippen LogP contribution >= 0.6 is 0 Å². The summed E-state index contributed by atoms with van der Waals surface area (Å²) < 4.78 is 32.5. The first kappa shape index (κ1) is 50.5. The van der Waals surface area contributed by atoms with Crippen LogP contribution in [0.4, 0.5) is 0 Å². The van der Waals surface area contributed by atoms with Crippen LogP contribution in [0, 0.1) is 0 Å².